The lowest BCUT2D eigenvalue weighted by Gasteiger charge is -2.30. The lowest BCUT2D eigenvalue weighted by molar-refractivity contribution is -0.122. The molecule has 0 unspecified atom stereocenters. The largest absolute Gasteiger partial charge is 0.317 e. The molecular formula is C25H22BrN3O2S. The smallest absolute Gasteiger partial charge is 0.270 e. The summed E-state index contributed by atoms with van der Waals surface area (Å²) in [4.78, 5) is 27.7. The topological polar surface area (TPSA) is 54.3 Å². The van der Waals surface area contributed by atoms with Crippen LogP contribution in [0, 0.1) is 13.8 Å². The van der Waals surface area contributed by atoms with Crippen LogP contribution in [0.5, 0.6) is 0 Å². The van der Waals surface area contributed by atoms with Crippen LogP contribution in [0.25, 0.3) is 11.8 Å². The molecular weight excluding hydrogens is 486 g/mol. The van der Waals surface area contributed by atoms with E-state index in [9.17, 15) is 9.59 Å². The van der Waals surface area contributed by atoms with Gasteiger partial charge in [-0.25, -0.2) is 0 Å². The van der Waals surface area contributed by atoms with E-state index in [4.69, 9.17) is 12.2 Å². The number of nitrogens with zero attached hydrogens (tertiary/aromatic N) is 2. The van der Waals surface area contributed by atoms with Gasteiger partial charge >= 0.3 is 0 Å². The fourth-order valence-corrected chi connectivity index (χ4v) is 4.86. The Bertz CT molecular complexity index is 1280. The highest BCUT2D eigenvalue weighted by atomic mass is 79.9. The van der Waals surface area contributed by atoms with Crippen molar-refractivity contribution in [1.82, 2.24) is 9.88 Å². The quantitative estimate of drug-likeness (QED) is 0.298. The Hall–Kier alpha value is -3.03. The van der Waals surface area contributed by atoms with Crippen molar-refractivity contribution in [2.45, 2.75) is 27.2 Å². The van der Waals surface area contributed by atoms with Gasteiger partial charge in [-0.3, -0.25) is 19.8 Å². The average Bonchev–Trinajstić information content (AvgIpc) is 3.00. The molecule has 4 rings (SSSR count). The predicted molar refractivity (Wildman–Crippen MR) is 135 cm³/mol. The van der Waals surface area contributed by atoms with Crippen LogP contribution >= 0.6 is 28.1 Å². The zero-order chi connectivity index (χ0) is 23.0. The van der Waals surface area contributed by atoms with Gasteiger partial charge in [-0.2, -0.15) is 0 Å². The van der Waals surface area contributed by atoms with Gasteiger partial charge in [-0.05, 0) is 78.3 Å². The number of carbonyl (C=O) groups is 2. The number of hydrogen-bond acceptors (Lipinski definition) is 3. The van der Waals surface area contributed by atoms with Crippen molar-refractivity contribution in [1.29, 1.82) is 0 Å². The number of para-hydroxylation sites is 2. The molecule has 5 nitrogen and oxygen atoms in total. The number of carbonyl (C=O) groups excluding carboxylic acids is 2. The summed E-state index contributed by atoms with van der Waals surface area (Å²) in [5.74, 6) is -0.933. The van der Waals surface area contributed by atoms with Crippen molar-refractivity contribution in [3.8, 4) is 5.69 Å². The van der Waals surface area contributed by atoms with Crippen LogP contribution in [-0.2, 0) is 16.0 Å². The first-order chi connectivity index (χ1) is 15.3. The molecule has 1 aliphatic heterocycles. The molecule has 32 heavy (non-hydrogen) atoms. The molecule has 2 amide bonds. The third-order valence-corrected chi connectivity index (χ3v) is 6.92. The number of thiocarbonyl (C=S) groups is 1. The Morgan fingerprint density at radius 2 is 1.66 bits per heavy atom. The van der Waals surface area contributed by atoms with Crippen molar-refractivity contribution in [2.24, 2.45) is 0 Å². The minimum atomic E-state index is -0.498. The van der Waals surface area contributed by atoms with Crippen LogP contribution in [0.1, 0.15) is 29.4 Å². The number of aryl methyl sites for hydroxylation is 1. The number of halogens is 1. The molecule has 0 atom stereocenters. The highest BCUT2D eigenvalue weighted by Crippen LogP contribution is 2.33. The van der Waals surface area contributed by atoms with Crippen LogP contribution < -0.4 is 10.2 Å². The molecule has 1 saturated heterocycles. The molecule has 1 fully saturated rings. The van der Waals surface area contributed by atoms with Crippen LogP contribution in [-0.4, -0.2) is 21.5 Å². The van der Waals surface area contributed by atoms with E-state index in [1.807, 2.05) is 75.4 Å². The van der Waals surface area contributed by atoms with E-state index < -0.39 is 11.8 Å². The van der Waals surface area contributed by atoms with Gasteiger partial charge in [0.15, 0.2) is 5.11 Å². The number of nitrogens with one attached hydrogen (secondary N) is 1. The van der Waals surface area contributed by atoms with Crippen LogP contribution in [0.15, 0.2) is 64.6 Å². The van der Waals surface area contributed by atoms with Gasteiger partial charge in [-0.1, -0.05) is 43.3 Å². The standard InChI is InChI=1S/C25H22BrN3O2S/c1-4-17-10-8-9-13-21(17)29-24(31)20(23(30)27-25(29)32)14-19-15(2)28(16(3)22(19)26)18-11-6-5-7-12-18/h5-14H,4H2,1-3H3,(H,27,30,32)/b20-14+. The Morgan fingerprint density at radius 1 is 1.00 bits per heavy atom. The van der Waals surface area contributed by atoms with Gasteiger partial charge in [0.25, 0.3) is 11.8 Å². The highest BCUT2D eigenvalue weighted by molar-refractivity contribution is 9.10. The third-order valence-electron chi connectivity index (χ3n) is 5.63. The molecule has 0 saturated carbocycles. The normalized spacial score (nSPS) is 15.4. The van der Waals surface area contributed by atoms with E-state index >= 15 is 0 Å². The molecule has 7 heteroatoms. The van der Waals surface area contributed by atoms with Gasteiger partial charge in [0, 0.05) is 27.1 Å². The Morgan fingerprint density at radius 3 is 2.34 bits per heavy atom. The summed E-state index contributed by atoms with van der Waals surface area (Å²) in [6.07, 6.45) is 2.38. The summed E-state index contributed by atoms with van der Waals surface area (Å²) in [5.41, 5.74) is 5.38. The van der Waals surface area contributed by atoms with Gasteiger partial charge in [0.2, 0.25) is 0 Å². The van der Waals surface area contributed by atoms with E-state index in [1.54, 1.807) is 6.08 Å². The number of anilines is 1. The highest BCUT2D eigenvalue weighted by Gasteiger charge is 2.35. The Labute approximate surface area is 200 Å². The van der Waals surface area contributed by atoms with E-state index in [0.717, 1.165) is 39.1 Å². The van der Waals surface area contributed by atoms with E-state index in [-0.39, 0.29) is 10.7 Å². The molecule has 162 valence electrons. The summed E-state index contributed by atoms with van der Waals surface area (Å²) < 4.78 is 2.93. The number of aromatic nitrogens is 1. The predicted octanol–water partition coefficient (Wildman–Crippen LogP) is 5.25. The Balaban J connectivity index is 1.83. The molecule has 2 heterocycles. The summed E-state index contributed by atoms with van der Waals surface area (Å²) >= 11 is 9.02. The maximum absolute atomic E-state index is 13.5. The number of rotatable bonds is 4. The van der Waals surface area contributed by atoms with Crippen LogP contribution in [0.3, 0.4) is 0 Å². The fraction of sp³-hybridized carbons (Fsp3) is 0.160. The van der Waals surface area contributed by atoms with Gasteiger partial charge in [-0.15, -0.1) is 0 Å². The number of hydrogen-bond donors (Lipinski definition) is 1. The van der Waals surface area contributed by atoms with Gasteiger partial charge in [0.1, 0.15) is 5.57 Å². The summed E-state index contributed by atoms with van der Waals surface area (Å²) in [6.45, 7) is 5.98. The first-order valence-electron chi connectivity index (χ1n) is 10.3. The first kappa shape index (κ1) is 22.2. The molecule has 1 N–H and O–H groups in total. The third kappa shape index (κ3) is 3.72. The zero-order valence-corrected chi connectivity index (χ0v) is 20.4. The minimum Gasteiger partial charge on any atom is -0.317 e. The molecule has 0 bridgehead atoms. The summed E-state index contributed by atoms with van der Waals surface area (Å²) in [5, 5.41) is 2.77. The van der Waals surface area contributed by atoms with Gasteiger partial charge in [0.05, 0.1) is 5.69 Å². The fourth-order valence-electron chi connectivity index (χ4n) is 4.00. The number of amides is 2. The van der Waals surface area contributed by atoms with E-state index in [0.29, 0.717) is 5.69 Å². The van der Waals surface area contributed by atoms with Crippen molar-refractivity contribution in [2.75, 3.05) is 4.90 Å². The molecule has 0 aliphatic carbocycles. The van der Waals surface area contributed by atoms with Crippen LogP contribution in [0.4, 0.5) is 5.69 Å². The molecule has 0 radical (unpaired) electrons. The second-order valence-corrected chi connectivity index (χ2v) is 8.69. The molecule has 0 spiro atoms. The minimum absolute atomic E-state index is 0.0403. The van der Waals surface area contributed by atoms with E-state index in [2.05, 4.69) is 25.8 Å². The van der Waals surface area contributed by atoms with Crippen molar-refractivity contribution < 1.29 is 9.59 Å². The number of benzene rings is 2. The average molecular weight is 508 g/mol. The molecule has 1 aliphatic rings. The lowest BCUT2D eigenvalue weighted by atomic mass is 10.0. The second kappa shape index (κ2) is 8.84. The van der Waals surface area contributed by atoms with E-state index in [1.165, 1.54) is 4.90 Å². The molecule has 2 aromatic carbocycles. The second-order valence-electron chi connectivity index (χ2n) is 7.51. The van der Waals surface area contributed by atoms with Crippen molar-refractivity contribution in [3.05, 3.63) is 87.2 Å². The SMILES string of the molecule is CCc1ccccc1N1C(=O)/C(=C/c2c(Br)c(C)n(-c3ccccc3)c2C)C(=O)NC1=S. The van der Waals surface area contributed by atoms with Crippen molar-refractivity contribution >= 4 is 56.8 Å². The Kier molecular flexibility index (Phi) is 6.13. The van der Waals surface area contributed by atoms with Gasteiger partial charge < -0.3 is 4.57 Å². The summed E-state index contributed by atoms with van der Waals surface area (Å²) in [6, 6.07) is 17.5. The van der Waals surface area contributed by atoms with Crippen LogP contribution in [0.2, 0.25) is 0 Å². The monoisotopic (exact) mass is 507 g/mol. The molecule has 3 aromatic rings. The lowest BCUT2D eigenvalue weighted by Crippen LogP contribution is -2.54. The zero-order valence-electron chi connectivity index (χ0n) is 18.0. The van der Waals surface area contributed by atoms with Crippen molar-refractivity contribution in [3.63, 3.8) is 0 Å². The maximum Gasteiger partial charge on any atom is 0.270 e. The maximum atomic E-state index is 13.5. The first-order valence-corrected chi connectivity index (χ1v) is 11.5. The molecule has 1 aromatic heterocycles. The summed E-state index contributed by atoms with van der Waals surface area (Å²) in [7, 11) is 0.